The van der Waals surface area contributed by atoms with Gasteiger partial charge in [-0.25, -0.2) is 13.8 Å². The third-order valence-electron chi connectivity index (χ3n) is 4.35. The molecule has 0 aromatic carbocycles. The Morgan fingerprint density at radius 1 is 1.30 bits per heavy atom. The molecule has 1 aliphatic rings. The quantitative estimate of drug-likeness (QED) is 0.652. The molecule has 1 saturated carbocycles. The average molecular weight is 378 g/mol. The number of hydrogen-bond acceptors (Lipinski definition) is 7. The van der Waals surface area contributed by atoms with Crippen molar-refractivity contribution in [2.45, 2.75) is 25.7 Å². The van der Waals surface area contributed by atoms with Crippen LogP contribution in [0.3, 0.4) is 0 Å². The van der Waals surface area contributed by atoms with E-state index < -0.39 is 12.3 Å². The Hall–Kier alpha value is -2.84. The van der Waals surface area contributed by atoms with Gasteiger partial charge in [-0.3, -0.25) is 0 Å². The molecule has 0 saturated heterocycles. The fourth-order valence-corrected chi connectivity index (χ4v) is 2.91. The van der Waals surface area contributed by atoms with Gasteiger partial charge in [-0.05, 0) is 30.9 Å². The summed E-state index contributed by atoms with van der Waals surface area (Å²) in [7, 11) is 2.90. The Morgan fingerprint density at radius 2 is 2.07 bits per heavy atom. The highest BCUT2D eigenvalue weighted by atomic mass is 19.3. The lowest BCUT2D eigenvalue weighted by Crippen LogP contribution is -2.06. The zero-order valence-electron chi connectivity index (χ0n) is 15.3. The van der Waals surface area contributed by atoms with Gasteiger partial charge in [-0.15, -0.1) is 10.2 Å². The highest BCUT2D eigenvalue weighted by Crippen LogP contribution is 2.52. The van der Waals surface area contributed by atoms with E-state index in [4.69, 9.17) is 14.2 Å². The minimum atomic E-state index is -2.39. The maximum Gasteiger partial charge on any atom is 0.319 e. The van der Waals surface area contributed by atoms with Gasteiger partial charge in [-0.1, -0.05) is 6.58 Å². The Balaban J connectivity index is 2.05. The van der Waals surface area contributed by atoms with Crippen molar-refractivity contribution in [1.29, 1.82) is 0 Å². The van der Waals surface area contributed by atoms with Crippen molar-refractivity contribution in [3.05, 3.63) is 30.1 Å². The molecule has 2 atom stereocenters. The van der Waals surface area contributed by atoms with Crippen LogP contribution in [-0.4, -0.2) is 47.4 Å². The molecule has 3 rings (SSSR count). The number of nitrogens with zero attached hydrogens (tertiary/aromatic N) is 4. The minimum Gasteiger partial charge on any atom is -0.492 e. The number of alkyl halides is 2. The monoisotopic (exact) mass is 378 g/mol. The van der Waals surface area contributed by atoms with Crippen molar-refractivity contribution < 1.29 is 23.0 Å². The first kappa shape index (κ1) is 18.9. The van der Waals surface area contributed by atoms with Gasteiger partial charge < -0.3 is 14.2 Å². The second kappa shape index (κ2) is 7.81. The SMILES string of the molecule is C=C(OCC)c1nnc(-c2cnc(OC)nc2OC)cc1[C@H]1C[C@@H]1C(F)F. The first-order valence-electron chi connectivity index (χ1n) is 8.43. The van der Waals surface area contributed by atoms with Crippen LogP contribution in [0.2, 0.25) is 0 Å². The van der Waals surface area contributed by atoms with Crippen LogP contribution in [0.5, 0.6) is 11.9 Å². The van der Waals surface area contributed by atoms with Crippen LogP contribution < -0.4 is 9.47 Å². The van der Waals surface area contributed by atoms with Gasteiger partial charge in [-0.2, -0.15) is 4.98 Å². The lowest BCUT2D eigenvalue weighted by Gasteiger charge is -2.13. The maximum absolute atomic E-state index is 13.1. The zero-order valence-corrected chi connectivity index (χ0v) is 15.3. The molecule has 0 amide bonds. The van der Waals surface area contributed by atoms with Gasteiger partial charge in [0.25, 0.3) is 0 Å². The predicted octanol–water partition coefficient (Wildman–Crippen LogP) is 3.33. The third-order valence-corrected chi connectivity index (χ3v) is 4.35. The van der Waals surface area contributed by atoms with E-state index in [1.165, 1.54) is 20.4 Å². The van der Waals surface area contributed by atoms with Crippen LogP contribution >= 0.6 is 0 Å². The van der Waals surface area contributed by atoms with Gasteiger partial charge in [0, 0.05) is 12.1 Å². The van der Waals surface area contributed by atoms with E-state index in [1.807, 2.05) is 6.92 Å². The van der Waals surface area contributed by atoms with Crippen molar-refractivity contribution in [1.82, 2.24) is 20.2 Å². The summed E-state index contributed by atoms with van der Waals surface area (Å²) in [5.74, 6) is -0.468. The second-order valence-corrected chi connectivity index (χ2v) is 6.01. The molecule has 0 aliphatic heterocycles. The fourth-order valence-electron chi connectivity index (χ4n) is 2.91. The standard InChI is InChI=1S/C18H20F2N4O3/c1-5-27-9(2)15-11(10-6-12(10)16(19)20)7-14(23-24-15)13-8-21-18(26-4)22-17(13)25-3/h7-8,10,12,16H,2,5-6H2,1,3-4H3/t10-,12+/m1/s1. The Labute approximate surface area is 155 Å². The number of ether oxygens (including phenoxy) is 3. The van der Waals surface area contributed by atoms with E-state index in [1.54, 1.807) is 6.07 Å². The number of rotatable bonds is 8. The lowest BCUT2D eigenvalue weighted by atomic mass is 10.0. The van der Waals surface area contributed by atoms with E-state index in [-0.39, 0.29) is 17.8 Å². The van der Waals surface area contributed by atoms with Gasteiger partial charge in [0.1, 0.15) is 17.1 Å². The van der Waals surface area contributed by atoms with Crippen molar-refractivity contribution in [2.24, 2.45) is 5.92 Å². The number of halogens is 2. The highest BCUT2D eigenvalue weighted by molar-refractivity contribution is 5.68. The fraction of sp³-hybridized carbons (Fsp3) is 0.444. The van der Waals surface area contributed by atoms with E-state index in [0.717, 1.165) is 0 Å². The van der Waals surface area contributed by atoms with Crippen LogP contribution in [0, 0.1) is 5.92 Å². The van der Waals surface area contributed by atoms with Gasteiger partial charge >= 0.3 is 6.01 Å². The van der Waals surface area contributed by atoms with Gasteiger partial charge in [0.05, 0.1) is 26.4 Å². The van der Waals surface area contributed by atoms with Crippen LogP contribution in [0.25, 0.3) is 17.0 Å². The summed E-state index contributed by atoms with van der Waals surface area (Å²) in [5.41, 5.74) is 1.91. The van der Waals surface area contributed by atoms with Crippen molar-refractivity contribution in [3.63, 3.8) is 0 Å². The average Bonchev–Trinajstić information content (AvgIpc) is 3.48. The lowest BCUT2D eigenvalue weighted by molar-refractivity contribution is 0.120. The Kier molecular flexibility index (Phi) is 5.48. The molecule has 0 N–H and O–H groups in total. The number of methoxy groups -OCH3 is 2. The second-order valence-electron chi connectivity index (χ2n) is 6.01. The molecule has 7 nitrogen and oxygen atoms in total. The molecule has 1 aliphatic carbocycles. The van der Waals surface area contributed by atoms with Crippen LogP contribution in [-0.2, 0) is 4.74 Å². The molecule has 0 spiro atoms. The molecule has 27 heavy (non-hydrogen) atoms. The molecule has 2 aromatic heterocycles. The summed E-state index contributed by atoms with van der Waals surface area (Å²) in [6.07, 6.45) is -0.517. The summed E-state index contributed by atoms with van der Waals surface area (Å²) in [6.45, 7) is 6.04. The molecule has 2 heterocycles. The molecule has 144 valence electrons. The molecule has 0 bridgehead atoms. The zero-order chi connectivity index (χ0) is 19.6. The minimum absolute atomic E-state index is 0.144. The molecule has 2 aromatic rings. The summed E-state index contributed by atoms with van der Waals surface area (Å²) in [4.78, 5) is 8.18. The largest absolute Gasteiger partial charge is 0.492 e. The third kappa shape index (κ3) is 3.81. The van der Waals surface area contributed by atoms with Crippen LogP contribution in [0.1, 0.15) is 30.5 Å². The first-order chi connectivity index (χ1) is 13.0. The topological polar surface area (TPSA) is 79.3 Å². The predicted molar refractivity (Wildman–Crippen MR) is 93.7 cm³/mol. The summed E-state index contributed by atoms with van der Waals surface area (Å²) < 4.78 is 41.9. The van der Waals surface area contributed by atoms with Gasteiger partial charge in [0.15, 0.2) is 0 Å². The van der Waals surface area contributed by atoms with E-state index in [0.29, 0.717) is 41.3 Å². The molecular formula is C18H20F2N4O3. The summed E-state index contributed by atoms with van der Waals surface area (Å²) >= 11 is 0. The summed E-state index contributed by atoms with van der Waals surface area (Å²) in [6, 6.07) is 1.85. The van der Waals surface area contributed by atoms with Crippen LogP contribution in [0.15, 0.2) is 18.8 Å². The Bertz CT molecular complexity index is 847. The van der Waals surface area contributed by atoms with E-state index in [2.05, 4.69) is 26.7 Å². The maximum atomic E-state index is 13.1. The molecule has 0 radical (unpaired) electrons. The molecule has 1 fully saturated rings. The van der Waals surface area contributed by atoms with Crippen molar-refractivity contribution in [2.75, 3.05) is 20.8 Å². The summed E-state index contributed by atoms with van der Waals surface area (Å²) in [5, 5.41) is 8.36. The van der Waals surface area contributed by atoms with E-state index >= 15 is 0 Å². The van der Waals surface area contributed by atoms with Crippen molar-refractivity contribution >= 4 is 5.76 Å². The normalized spacial score (nSPS) is 18.3. The van der Waals surface area contributed by atoms with Crippen molar-refractivity contribution in [3.8, 4) is 23.1 Å². The molecule has 9 heteroatoms. The number of hydrogen-bond donors (Lipinski definition) is 0. The first-order valence-corrected chi connectivity index (χ1v) is 8.43. The smallest absolute Gasteiger partial charge is 0.319 e. The van der Waals surface area contributed by atoms with Crippen LogP contribution in [0.4, 0.5) is 8.78 Å². The van der Waals surface area contributed by atoms with Gasteiger partial charge in [0.2, 0.25) is 12.3 Å². The molecule has 0 unspecified atom stereocenters. The number of aromatic nitrogens is 4. The highest BCUT2D eigenvalue weighted by Gasteiger charge is 2.46. The Morgan fingerprint density at radius 3 is 2.67 bits per heavy atom. The molecular weight excluding hydrogens is 358 g/mol. The van der Waals surface area contributed by atoms with E-state index in [9.17, 15) is 8.78 Å².